The number of ether oxygens (including phenoxy) is 1. The molecule has 1 aromatic rings. The lowest BCUT2D eigenvalue weighted by Crippen LogP contribution is -2.35. The summed E-state index contributed by atoms with van der Waals surface area (Å²) < 4.78 is 5.47. The van der Waals surface area contributed by atoms with Crippen LogP contribution in [0.5, 0.6) is 5.75 Å². The van der Waals surface area contributed by atoms with E-state index in [9.17, 15) is 0 Å². The minimum atomic E-state index is -0.159. The lowest BCUT2D eigenvalue weighted by molar-refractivity contribution is 0.252. The van der Waals surface area contributed by atoms with Crippen molar-refractivity contribution in [2.24, 2.45) is 0 Å². The third kappa shape index (κ3) is 3.53. The Bertz CT molecular complexity index is 382. The van der Waals surface area contributed by atoms with Crippen LogP contribution in [0.2, 0.25) is 0 Å². The number of benzene rings is 1. The van der Waals surface area contributed by atoms with Gasteiger partial charge in [0, 0.05) is 12.1 Å². The Labute approximate surface area is 109 Å². The fourth-order valence-electron chi connectivity index (χ4n) is 1.83. The Morgan fingerprint density at radius 1 is 1.39 bits per heavy atom. The first-order valence-electron chi connectivity index (χ1n) is 6.46. The van der Waals surface area contributed by atoms with E-state index in [1.165, 1.54) is 0 Å². The maximum absolute atomic E-state index is 9.12. The van der Waals surface area contributed by atoms with Crippen LogP contribution in [0.4, 0.5) is 11.4 Å². The minimum Gasteiger partial charge on any atom is -0.492 e. The zero-order chi connectivity index (χ0) is 13.6. The van der Waals surface area contributed by atoms with Gasteiger partial charge in [-0.1, -0.05) is 13.0 Å². The third-order valence-electron chi connectivity index (χ3n) is 3.25. The van der Waals surface area contributed by atoms with Gasteiger partial charge in [-0.2, -0.15) is 0 Å². The molecule has 0 aliphatic carbocycles. The summed E-state index contributed by atoms with van der Waals surface area (Å²) in [6.07, 6.45) is 1.59. The lowest BCUT2D eigenvalue weighted by Gasteiger charge is -2.31. The number of nitrogen functional groups attached to an aromatic ring is 1. The van der Waals surface area contributed by atoms with Crippen molar-refractivity contribution in [2.45, 2.75) is 39.2 Å². The van der Waals surface area contributed by atoms with Gasteiger partial charge in [0.1, 0.15) is 5.75 Å². The molecule has 0 aliphatic rings. The van der Waals surface area contributed by atoms with E-state index < -0.39 is 0 Å². The average Bonchev–Trinajstić information content (AvgIpc) is 2.35. The molecule has 1 atom stereocenters. The molecule has 0 fully saturated rings. The molecule has 4 N–H and O–H groups in total. The first kappa shape index (κ1) is 14.6. The van der Waals surface area contributed by atoms with Gasteiger partial charge >= 0.3 is 0 Å². The molecule has 0 heterocycles. The molecule has 0 aliphatic heterocycles. The zero-order valence-electron chi connectivity index (χ0n) is 11.5. The van der Waals surface area contributed by atoms with E-state index in [4.69, 9.17) is 15.6 Å². The van der Waals surface area contributed by atoms with Gasteiger partial charge in [-0.25, -0.2) is 0 Å². The third-order valence-corrected chi connectivity index (χ3v) is 3.25. The first-order chi connectivity index (χ1) is 8.56. The number of nitrogens with one attached hydrogen (secondary N) is 1. The maximum Gasteiger partial charge on any atom is 0.144 e. The van der Waals surface area contributed by atoms with Crippen molar-refractivity contribution in [3.8, 4) is 5.75 Å². The number of anilines is 2. The SMILES string of the molecule is CCOc1cccc(NC(C)(CC)CCO)c1N. The van der Waals surface area contributed by atoms with Crippen molar-refractivity contribution >= 4 is 11.4 Å². The van der Waals surface area contributed by atoms with Crippen LogP contribution in [0.1, 0.15) is 33.6 Å². The number of aliphatic hydroxyl groups is 1. The van der Waals surface area contributed by atoms with Crippen LogP contribution in [-0.4, -0.2) is 23.9 Å². The molecular formula is C14H24N2O2. The van der Waals surface area contributed by atoms with E-state index in [0.717, 1.165) is 12.1 Å². The predicted octanol–water partition coefficient (Wildman–Crippen LogP) is 2.63. The average molecular weight is 252 g/mol. The molecular weight excluding hydrogens is 228 g/mol. The van der Waals surface area contributed by atoms with Gasteiger partial charge in [-0.3, -0.25) is 0 Å². The largest absolute Gasteiger partial charge is 0.492 e. The molecule has 0 bridgehead atoms. The summed E-state index contributed by atoms with van der Waals surface area (Å²) in [6.45, 7) is 6.85. The molecule has 0 aromatic heterocycles. The number of para-hydroxylation sites is 1. The van der Waals surface area contributed by atoms with E-state index in [-0.39, 0.29) is 12.1 Å². The fraction of sp³-hybridized carbons (Fsp3) is 0.571. The molecule has 0 saturated carbocycles. The van der Waals surface area contributed by atoms with E-state index in [1.807, 2.05) is 25.1 Å². The quantitative estimate of drug-likeness (QED) is 0.653. The highest BCUT2D eigenvalue weighted by atomic mass is 16.5. The van der Waals surface area contributed by atoms with Crippen LogP contribution in [-0.2, 0) is 0 Å². The molecule has 1 unspecified atom stereocenters. The van der Waals surface area contributed by atoms with Gasteiger partial charge < -0.3 is 20.9 Å². The first-order valence-corrected chi connectivity index (χ1v) is 6.46. The molecule has 1 aromatic carbocycles. The highest BCUT2D eigenvalue weighted by molar-refractivity contribution is 5.73. The molecule has 0 radical (unpaired) electrons. The second-order valence-electron chi connectivity index (χ2n) is 4.66. The van der Waals surface area contributed by atoms with Gasteiger partial charge in [0.25, 0.3) is 0 Å². The summed E-state index contributed by atoms with van der Waals surface area (Å²) in [5.74, 6) is 0.699. The fourth-order valence-corrected chi connectivity index (χ4v) is 1.83. The molecule has 1 rings (SSSR count). The van der Waals surface area contributed by atoms with Crippen molar-refractivity contribution in [1.29, 1.82) is 0 Å². The van der Waals surface area contributed by atoms with E-state index >= 15 is 0 Å². The van der Waals surface area contributed by atoms with Crippen LogP contribution in [0.3, 0.4) is 0 Å². The number of hydrogen-bond donors (Lipinski definition) is 3. The second kappa shape index (κ2) is 6.50. The standard InChI is InChI=1S/C14H24N2O2/c1-4-14(3,9-10-17)16-11-7-6-8-12(13(11)15)18-5-2/h6-8,16-17H,4-5,9-10,15H2,1-3H3. The van der Waals surface area contributed by atoms with Crippen LogP contribution < -0.4 is 15.8 Å². The van der Waals surface area contributed by atoms with Crippen LogP contribution >= 0.6 is 0 Å². The minimum absolute atomic E-state index is 0.155. The lowest BCUT2D eigenvalue weighted by atomic mass is 9.94. The smallest absolute Gasteiger partial charge is 0.144 e. The van der Waals surface area contributed by atoms with Crippen LogP contribution in [0, 0.1) is 0 Å². The number of aliphatic hydroxyl groups excluding tert-OH is 1. The molecule has 0 amide bonds. The Balaban J connectivity index is 2.92. The Hall–Kier alpha value is -1.42. The Kier molecular flexibility index (Phi) is 5.28. The summed E-state index contributed by atoms with van der Waals surface area (Å²) in [5, 5.41) is 12.5. The van der Waals surface area contributed by atoms with Crippen molar-refractivity contribution in [1.82, 2.24) is 0 Å². The summed E-state index contributed by atoms with van der Waals surface area (Å²) in [6, 6.07) is 5.71. The van der Waals surface area contributed by atoms with Gasteiger partial charge in [-0.15, -0.1) is 0 Å². The van der Waals surface area contributed by atoms with Gasteiger partial charge in [0.2, 0.25) is 0 Å². The topological polar surface area (TPSA) is 67.5 Å². The molecule has 18 heavy (non-hydrogen) atoms. The highest BCUT2D eigenvalue weighted by Gasteiger charge is 2.22. The molecule has 0 saturated heterocycles. The molecule has 4 heteroatoms. The Morgan fingerprint density at radius 3 is 2.67 bits per heavy atom. The maximum atomic E-state index is 9.12. The van der Waals surface area contributed by atoms with E-state index in [0.29, 0.717) is 24.5 Å². The molecule has 0 spiro atoms. The monoisotopic (exact) mass is 252 g/mol. The van der Waals surface area contributed by atoms with E-state index in [2.05, 4.69) is 19.2 Å². The van der Waals surface area contributed by atoms with Crippen molar-refractivity contribution in [2.75, 3.05) is 24.3 Å². The van der Waals surface area contributed by atoms with Crippen molar-refractivity contribution in [3.63, 3.8) is 0 Å². The normalized spacial score (nSPS) is 14.0. The van der Waals surface area contributed by atoms with Gasteiger partial charge in [0.05, 0.1) is 18.0 Å². The summed E-state index contributed by atoms with van der Waals surface area (Å²) in [4.78, 5) is 0. The van der Waals surface area contributed by atoms with Crippen molar-refractivity contribution < 1.29 is 9.84 Å². The van der Waals surface area contributed by atoms with Crippen LogP contribution in [0.25, 0.3) is 0 Å². The summed E-state index contributed by atoms with van der Waals surface area (Å²) in [7, 11) is 0. The second-order valence-corrected chi connectivity index (χ2v) is 4.66. The number of nitrogens with two attached hydrogens (primary N) is 1. The van der Waals surface area contributed by atoms with Crippen LogP contribution in [0.15, 0.2) is 18.2 Å². The summed E-state index contributed by atoms with van der Waals surface area (Å²) >= 11 is 0. The van der Waals surface area contributed by atoms with Gasteiger partial charge in [0.15, 0.2) is 0 Å². The number of rotatable bonds is 7. The highest BCUT2D eigenvalue weighted by Crippen LogP contribution is 2.32. The summed E-state index contributed by atoms with van der Waals surface area (Å²) in [5.41, 5.74) is 7.40. The number of hydrogen-bond acceptors (Lipinski definition) is 4. The van der Waals surface area contributed by atoms with Crippen molar-refractivity contribution in [3.05, 3.63) is 18.2 Å². The predicted molar refractivity (Wildman–Crippen MR) is 76.0 cm³/mol. The molecule has 102 valence electrons. The van der Waals surface area contributed by atoms with E-state index in [1.54, 1.807) is 0 Å². The zero-order valence-corrected chi connectivity index (χ0v) is 11.5. The Morgan fingerprint density at radius 2 is 2.11 bits per heavy atom. The van der Waals surface area contributed by atoms with Gasteiger partial charge in [-0.05, 0) is 38.8 Å². The molecule has 4 nitrogen and oxygen atoms in total.